The van der Waals surface area contributed by atoms with E-state index in [0.717, 1.165) is 11.8 Å². The molecule has 0 fully saturated rings. The van der Waals surface area contributed by atoms with Crippen LogP contribution >= 0.6 is 0 Å². The Bertz CT molecular complexity index is 893. The molecule has 1 atom stereocenters. The first kappa shape index (κ1) is 21.8. The first-order chi connectivity index (χ1) is 13.1. The number of amides is 1. The third-order valence-corrected chi connectivity index (χ3v) is 5.74. The molecule has 0 aliphatic rings. The van der Waals surface area contributed by atoms with Crippen molar-refractivity contribution in [2.24, 2.45) is 0 Å². The highest BCUT2D eigenvalue weighted by Crippen LogP contribution is 2.22. The van der Waals surface area contributed by atoms with E-state index in [1.165, 1.54) is 16.9 Å². The van der Waals surface area contributed by atoms with Crippen molar-refractivity contribution < 1.29 is 17.9 Å². The molecule has 0 aliphatic carbocycles. The Morgan fingerprint density at radius 1 is 1.04 bits per heavy atom. The lowest BCUT2D eigenvalue weighted by molar-refractivity contribution is -0.138. The summed E-state index contributed by atoms with van der Waals surface area (Å²) < 4.78 is 30.3. The summed E-state index contributed by atoms with van der Waals surface area (Å²) in [7, 11) is -0.0699. The molecule has 2 aromatic carbocycles. The van der Waals surface area contributed by atoms with Crippen molar-refractivity contribution in [3.8, 4) is 5.75 Å². The zero-order valence-electron chi connectivity index (χ0n) is 17.0. The molecule has 0 aliphatic heterocycles. The summed E-state index contributed by atoms with van der Waals surface area (Å²) >= 11 is 0. The molecule has 0 aromatic heterocycles. The van der Waals surface area contributed by atoms with Crippen LogP contribution in [0.1, 0.15) is 24.5 Å². The van der Waals surface area contributed by atoms with Gasteiger partial charge in [-0.15, -0.1) is 0 Å². The third-order valence-electron chi connectivity index (χ3n) is 4.54. The summed E-state index contributed by atoms with van der Waals surface area (Å²) in [5, 5.41) is 0. The van der Waals surface area contributed by atoms with Crippen LogP contribution < -0.4 is 9.04 Å². The molecule has 0 spiro atoms. The molecule has 0 unspecified atom stereocenters. The van der Waals surface area contributed by atoms with E-state index in [-0.39, 0.29) is 5.91 Å². The average molecular weight is 405 g/mol. The van der Waals surface area contributed by atoms with Gasteiger partial charge in [-0.25, -0.2) is 8.42 Å². The van der Waals surface area contributed by atoms with Crippen LogP contribution in [0.2, 0.25) is 0 Å². The van der Waals surface area contributed by atoms with E-state index in [4.69, 9.17) is 4.74 Å². The van der Waals surface area contributed by atoms with Gasteiger partial charge < -0.3 is 9.64 Å². The monoisotopic (exact) mass is 404 g/mol. The van der Waals surface area contributed by atoms with Gasteiger partial charge in [-0.05, 0) is 43.2 Å². The molecule has 152 valence electrons. The van der Waals surface area contributed by atoms with Crippen LogP contribution in [-0.4, -0.2) is 45.7 Å². The highest BCUT2D eigenvalue weighted by Gasteiger charge is 2.22. The normalized spacial score (nSPS) is 12.3. The van der Waals surface area contributed by atoms with Crippen molar-refractivity contribution in [3.63, 3.8) is 0 Å². The Morgan fingerprint density at radius 3 is 2.11 bits per heavy atom. The van der Waals surface area contributed by atoms with E-state index < -0.39 is 16.1 Å². The van der Waals surface area contributed by atoms with E-state index in [0.29, 0.717) is 24.4 Å². The lowest BCUT2D eigenvalue weighted by atomic mass is 10.1. The molecule has 0 radical (unpaired) electrons. The number of rotatable bonds is 8. The standard InChI is InChI=1S/C21H28N2O4S/c1-6-20(21(24)22(3)15-17-9-7-16(2)8-10-17)27-19-13-11-18(12-14-19)23(4)28(5,25)26/h7-14,20H,6,15H2,1-5H3/t20-/m0/s1. The predicted molar refractivity (Wildman–Crippen MR) is 112 cm³/mol. The number of carbonyl (C=O) groups excluding carboxylic acids is 1. The van der Waals surface area contributed by atoms with Crippen LogP contribution in [0.5, 0.6) is 5.75 Å². The fourth-order valence-corrected chi connectivity index (χ4v) is 3.19. The summed E-state index contributed by atoms with van der Waals surface area (Å²) in [6.45, 7) is 4.43. The lowest BCUT2D eigenvalue weighted by Crippen LogP contribution is -2.39. The maximum absolute atomic E-state index is 12.8. The number of hydrogen-bond acceptors (Lipinski definition) is 4. The maximum Gasteiger partial charge on any atom is 0.263 e. The molecular weight excluding hydrogens is 376 g/mol. The fourth-order valence-electron chi connectivity index (χ4n) is 2.69. The maximum atomic E-state index is 12.8. The number of sulfonamides is 1. The number of nitrogens with zero attached hydrogens (tertiary/aromatic N) is 2. The van der Waals surface area contributed by atoms with Crippen molar-refractivity contribution in [1.82, 2.24) is 4.90 Å². The summed E-state index contributed by atoms with van der Waals surface area (Å²) in [4.78, 5) is 14.4. The Balaban J connectivity index is 2.04. The molecule has 1 amide bonds. The molecule has 0 heterocycles. The second-order valence-corrected chi connectivity index (χ2v) is 8.93. The highest BCUT2D eigenvalue weighted by molar-refractivity contribution is 7.92. The number of carbonyl (C=O) groups is 1. The lowest BCUT2D eigenvalue weighted by Gasteiger charge is -2.24. The molecule has 28 heavy (non-hydrogen) atoms. The highest BCUT2D eigenvalue weighted by atomic mass is 32.2. The molecule has 2 aromatic rings. The SMILES string of the molecule is CC[C@H](Oc1ccc(N(C)S(C)(=O)=O)cc1)C(=O)N(C)Cc1ccc(C)cc1. The molecule has 0 N–H and O–H groups in total. The number of anilines is 1. The van der Waals surface area contributed by atoms with E-state index in [1.807, 2.05) is 38.1 Å². The van der Waals surface area contributed by atoms with Gasteiger partial charge in [0.15, 0.2) is 6.10 Å². The number of benzene rings is 2. The second-order valence-electron chi connectivity index (χ2n) is 6.92. The molecule has 0 saturated carbocycles. The average Bonchev–Trinajstić information content (AvgIpc) is 2.66. The topological polar surface area (TPSA) is 66.9 Å². The van der Waals surface area contributed by atoms with Crippen LogP contribution in [0.3, 0.4) is 0 Å². The molecule has 7 heteroatoms. The fraction of sp³-hybridized carbons (Fsp3) is 0.381. The van der Waals surface area contributed by atoms with Crippen LogP contribution in [0.15, 0.2) is 48.5 Å². The first-order valence-electron chi connectivity index (χ1n) is 9.13. The van der Waals surface area contributed by atoms with Crippen molar-refractivity contribution in [3.05, 3.63) is 59.7 Å². The van der Waals surface area contributed by atoms with Crippen molar-refractivity contribution >= 4 is 21.6 Å². The zero-order valence-corrected chi connectivity index (χ0v) is 17.9. The largest absolute Gasteiger partial charge is 0.481 e. The molecule has 0 saturated heterocycles. The van der Waals surface area contributed by atoms with Crippen molar-refractivity contribution in [2.45, 2.75) is 32.9 Å². The Labute approximate surface area is 167 Å². The van der Waals surface area contributed by atoms with Gasteiger partial charge in [-0.3, -0.25) is 9.10 Å². The van der Waals surface area contributed by atoms with Gasteiger partial charge in [0.25, 0.3) is 5.91 Å². The van der Waals surface area contributed by atoms with Gasteiger partial charge in [0.2, 0.25) is 10.0 Å². The number of aryl methyl sites for hydroxylation is 1. The van der Waals surface area contributed by atoms with Gasteiger partial charge >= 0.3 is 0 Å². The number of ether oxygens (including phenoxy) is 1. The summed E-state index contributed by atoms with van der Waals surface area (Å²) in [6, 6.07) is 14.7. The minimum absolute atomic E-state index is 0.0968. The van der Waals surface area contributed by atoms with Gasteiger partial charge in [0, 0.05) is 20.6 Å². The minimum Gasteiger partial charge on any atom is -0.481 e. The Morgan fingerprint density at radius 2 is 1.61 bits per heavy atom. The van der Waals surface area contributed by atoms with Crippen LogP contribution in [0.25, 0.3) is 0 Å². The molecular formula is C21H28N2O4S. The number of hydrogen-bond donors (Lipinski definition) is 0. The minimum atomic E-state index is -3.32. The van der Waals surface area contributed by atoms with Crippen molar-refractivity contribution in [1.29, 1.82) is 0 Å². The van der Waals surface area contributed by atoms with Crippen molar-refractivity contribution in [2.75, 3.05) is 24.7 Å². The van der Waals surface area contributed by atoms with Crippen LogP contribution in [-0.2, 0) is 21.4 Å². The summed E-state index contributed by atoms with van der Waals surface area (Å²) in [5.74, 6) is 0.426. The smallest absolute Gasteiger partial charge is 0.263 e. The molecule has 0 bridgehead atoms. The van der Waals surface area contributed by atoms with Gasteiger partial charge in [0.1, 0.15) is 5.75 Å². The molecule has 6 nitrogen and oxygen atoms in total. The predicted octanol–water partition coefficient (Wildman–Crippen LogP) is 3.21. The second kappa shape index (κ2) is 9.10. The summed E-state index contributed by atoms with van der Waals surface area (Å²) in [6.07, 6.45) is 1.07. The summed E-state index contributed by atoms with van der Waals surface area (Å²) in [5.41, 5.74) is 2.77. The third kappa shape index (κ3) is 5.73. The molecule has 2 rings (SSSR count). The van der Waals surface area contributed by atoms with E-state index in [9.17, 15) is 13.2 Å². The van der Waals surface area contributed by atoms with E-state index in [2.05, 4.69) is 0 Å². The van der Waals surface area contributed by atoms with E-state index in [1.54, 1.807) is 36.2 Å². The zero-order chi connectivity index (χ0) is 20.9. The van der Waals surface area contributed by atoms with Gasteiger partial charge in [-0.1, -0.05) is 36.8 Å². The van der Waals surface area contributed by atoms with Crippen LogP contribution in [0.4, 0.5) is 5.69 Å². The Kier molecular flexibility index (Phi) is 7.07. The Hall–Kier alpha value is -2.54. The quantitative estimate of drug-likeness (QED) is 0.678. The van der Waals surface area contributed by atoms with Gasteiger partial charge in [-0.2, -0.15) is 0 Å². The van der Waals surface area contributed by atoms with Gasteiger partial charge in [0.05, 0.1) is 11.9 Å². The van der Waals surface area contributed by atoms with E-state index >= 15 is 0 Å². The first-order valence-corrected chi connectivity index (χ1v) is 11.0. The van der Waals surface area contributed by atoms with Crippen LogP contribution in [0, 0.1) is 6.92 Å². The number of likely N-dealkylation sites (N-methyl/N-ethyl adjacent to an activating group) is 1.